The standard InChI is InChI=1S/C50H88O10/c1-3-5-7-9-11-13-15-17-19-21-22-23-25-27-29-31-33-35-37-39-46(53)59-43(42-58-50-49(56)48(55)47(54)44(40-51)60-50)41-57-45(52)38-36-34-32-30-28-26-24-20-18-16-14-12-10-8-6-4-2/h11,13,17,19,22-23,27,29,43-44,47-51,54-56H,3-10,12,14-16,18,20-21,24-26,28,30-42H2,1-2H3/b13-11+,19-17+,23-22+,29-27+/t43-,44-,47+,48?,49?,50-/m1/s1. The highest BCUT2D eigenvalue weighted by atomic mass is 16.7. The molecule has 1 aliphatic rings. The first-order chi connectivity index (χ1) is 29.3. The van der Waals surface area contributed by atoms with Crippen molar-refractivity contribution < 1.29 is 49.0 Å². The minimum atomic E-state index is -1.60. The highest BCUT2D eigenvalue weighted by molar-refractivity contribution is 5.70. The summed E-state index contributed by atoms with van der Waals surface area (Å²) in [5, 5.41) is 40.1. The van der Waals surface area contributed by atoms with Crippen molar-refractivity contribution in [3.05, 3.63) is 48.6 Å². The van der Waals surface area contributed by atoms with Gasteiger partial charge < -0.3 is 39.4 Å². The van der Waals surface area contributed by atoms with Crippen LogP contribution in [0.5, 0.6) is 0 Å². The van der Waals surface area contributed by atoms with E-state index in [4.69, 9.17) is 18.9 Å². The summed E-state index contributed by atoms with van der Waals surface area (Å²) < 4.78 is 22.2. The Morgan fingerprint density at radius 3 is 1.43 bits per heavy atom. The predicted molar refractivity (Wildman–Crippen MR) is 242 cm³/mol. The molecule has 0 saturated carbocycles. The summed E-state index contributed by atoms with van der Waals surface area (Å²) in [4.78, 5) is 25.4. The average Bonchev–Trinajstić information content (AvgIpc) is 3.25. The zero-order valence-corrected chi connectivity index (χ0v) is 37.9. The van der Waals surface area contributed by atoms with Crippen LogP contribution >= 0.6 is 0 Å². The maximum Gasteiger partial charge on any atom is 0.306 e. The molecule has 0 bridgehead atoms. The van der Waals surface area contributed by atoms with Gasteiger partial charge >= 0.3 is 11.9 Å². The lowest BCUT2D eigenvalue weighted by Crippen LogP contribution is -2.59. The maximum absolute atomic E-state index is 12.8. The number of allylic oxidation sites excluding steroid dienone is 8. The van der Waals surface area contributed by atoms with Crippen molar-refractivity contribution in [2.24, 2.45) is 0 Å². The topological polar surface area (TPSA) is 152 Å². The normalized spacial score (nSPS) is 20.3. The summed E-state index contributed by atoms with van der Waals surface area (Å²) >= 11 is 0. The van der Waals surface area contributed by atoms with E-state index in [1.165, 1.54) is 109 Å². The van der Waals surface area contributed by atoms with Crippen LogP contribution in [0.3, 0.4) is 0 Å². The van der Waals surface area contributed by atoms with Crippen molar-refractivity contribution in [1.82, 2.24) is 0 Å². The number of carbonyl (C=O) groups is 2. The fourth-order valence-corrected chi connectivity index (χ4v) is 7.11. The van der Waals surface area contributed by atoms with Crippen molar-refractivity contribution in [3.63, 3.8) is 0 Å². The van der Waals surface area contributed by atoms with Crippen LogP contribution < -0.4 is 0 Å². The number of esters is 2. The lowest BCUT2D eigenvalue weighted by atomic mass is 9.99. The van der Waals surface area contributed by atoms with Gasteiger partial charge in [-0.05, 0) is 57.8 Å². The molecular weight excluding hydrogens is 761 g/mol. The lowest BCUT2D eigenvalue weighted by Gasteiger charge is -2.39. The van der Waals surface area contributed by atoms with E-state index in [9.17, 15) is 30.0 Å². The Balaban J connectivity index is 2.33. The second-order valence-electron chi connectivity index (χ2n) is 16.6. The van der Waals surface area contributed by atoms with E-state index >= 15 is 0 Å². The number of rotatable bonds is 40. The van der Waals surface area contributed by atoms with Crippen LogP contribution in [0, 0.1) is 0 Å². The van der Waals surface area contributed by atoms with Crippen LogP contribution in [0.25, 0.3) is 0 Å². The summed E-state index contributed by atoms with van der Waals surface area (Å²) in [7, 11) is 0. The Hall–Kier alpha value is -2.34. The molecule has 0 aromatic rings. The van der Waals surface area contributed by atoms with Gasteiger partial charge in [0.05, 0.1) is 13.2 Å². The molecule has 2 unspecified atom stereocenters. The zero-order chi connectivity index (χ0) is 43.7. The molecule has 1 rings (SSSR count). The largest absolute Gasteiger partial charge is 0.462 e. The molecule has 60 heavy (non-hydrogen) atoms. The molecule has 4 N–H and O–H groups in total. The Kier molecular flexibility index (Phi) is 37.8. The second kappa shape index (κ2) is 40.7. The number of unbranched alkanes of at least 4 members (excludes halogenated alkanes) is 21. The molecule has 348 valence electrons. The van der Waals surface area contributed by atoms with Gasteiger partial charge in [-0.15, -0.1) is 0 Å². The third kappa shape index (κ3) is 31.5. The van der Waals surface area contributed by atoms with E-state index in [1.807, 2.05) is 0 Å². The fourth-order valence-electron chi connectivity index (χ4n) is 7.11. The molecule has 0 spiro atoms. The van der Waals surface area contributed by atoms with Crippen molar-refractivity contribution in [2.45, 2.75) is 237 Å². The Labute approximate surface area is 365 Å². The molecule has 0 aromatic carbocycles. The molecule has 6 atom stereocenters. The number of ether oxygens (including phenoxy) is 4. The molecule has 10 heteroatoms. The summed E-state index contributed by atoms with van der Waals surface area (Å²) in [5.74, 6) is -0.838. The summed E-state index contributed by atoms with van der Waals surface area (Å²) in [6.45, 7) is 3.38. The quantitative estimate of drug-likeness (QED) is 0.0266. The molecule has 0 amide bonds. The van der Waals surface area contributed by atoms with Gasteiger partial charge in [0.15, 0.2) is 12.4 Å². The Bertz CT molecular complexity index is 1120. The summed E-state index contributed by atoms with van der Waals surface area (Å²) in [6, 6.07) is 0. The van der Waals surface area contributed by atoms with E-state index in [1.54, 1.807) is 0 Å². The van der Waals surface area contributed by atoms with Gasteiger partial charge in [-0.1, -0.05) is 178 Å². The number of aliphatic hydroxyl groups is 4. The second-order valence-corrected chi connectivity index (χ2v) is 16.6. The Morgan fingerprint density at radius 1 is 0.517 bits per heavy atom. The van der Waals surface area contributed by atoms with Crippen molar-refractivity contribution >= 4 is 11.9 Å². The molecule has 1 aliphatic heterocycles. The van der Waals surface area contributed by atoms with Crippen LogP contribution in [0.2, 0.25) is 0 Å². The highest BCUT2D eigenvalue weighted by Crippen LogP contribution is 2.23. The Morgan fingerprint density at radius 2 is 0.933 bits per heavy atom. The fraction of sp³-hybridized carbons (Fsp3) is 0.800. The number of hydrogen-bond donors (Lipinski definition) is 4. The number of carbonyl (C=O) groups excluding carboxylic acids is 2. The molecule has 10 nitrogen and oxygen atoms in total. The zero-order valence-electron chi connectivity index (χ0n) is 37.9. The van der Waals surface area contributed by atoms with E-state index in [-0.39, 0.29) is 32.0 Å². The van der Waals surface area contributed by atoms with E-state index in [0.29, 0.717) is 6.42 Å². The predicted octanol–water partition coefficient (Wildman–Crippen LogP) is 10.8. The van der Waals surface area contributed by atoms with Crippen LogP contribution in [-0.4, -0.2) is 89.0 Å². The van der Waals surface area contributed by atoms with Crippen LogP contribution in [0.15, 0.2) is 48.6 Å². The first-order valence-corrected chi connectivity index (χ1v) is 24.2. The molecule has 0 radical (unpaired) electrons. The number of hydrogen-bond acceptors (Lipinski definition) is 10. The minimum Gasteiger partial charge on any atom is -0.462 e. The van der Waals surface area contributed by atoms with E-state index in [0.717, 1.165) is 57.8 Å². The molecule has 1 heterocycles. The first kappa shape index (κ1) is 55.7. The molecule has 1 saturated heterocycles. The summed E-state index contributed by atoms with van der Waals surface area (Å²) in [6.07, 6.45) is 41.1. The van der Waals surface area contributed by atoms with Crippen molar-refractivity contribution in [2.75, 3.05) is 19.8 Å². The molecule has 1 fully saturated rings. The minimum absolute atomic E-state index is 0.193. The maximum atomic E-state index is 12.8. The highest BCUT2D eigenvalue weighted by Gasteiger charge is 2.44. The van der Waals surface area contributed by atoms with Gasteiger partial charge in [-0.3, -0.25) is 9.59 Å². The van der Waals surface area contributed by atoms with Gasteiger partial charge in [-0.25, -0.2) is 0 Å². The van der Waals surface area contributed by atoms with E-state index in [2.05, 4.69) is 62.5 Å². The summed E-state index contributed by atoms with van der Waals surface area (Å²) in [5.41, 5.74) is 0. The van der Waals surface area contributed by atoms with Gasteiger partial charge in [0, 0.05) is 12.8 Å². The first-order valence-electron chi connectivity index (χ1n) is 24.2. The van der Waals surface area contributed by atoms with Crippen LogP contribution in [0.4, 0.5) is 0 Å². The molecule has 0 aromatic heterocycles. The van der Waals surface area contributed by atoms with Gasteiger partial charge in [0.2, 0.25) is 0 Å². The monoisotopic (exact) mass is 849 g/mol. The lowest BCUT2D eigenvalue weighted by molar-refractivity contribution is -0.305. The third-order valence-electron chi connectivity index (χ3n) is 11.0. The van der Waals surface area contributed by atoms with Gasteiger partial charge in [0.25, 0.3) is 0 Å². The smallest absolute Gasteiger partial charge is 0.306 e. The van der Waals surface area contributed by atoms with Gasteiger partial charge in [0.1, 0.15) is 31.0 Å². The SMILES string of the molecule is CCCCC/C=C/C/C=C/C/C=C/C/C=C/CCCCCC(=O)O[C@H](COC(=O)CCCCCCCCCCCCCCCCCC)CO[C@@H]1O[C@H](CO)[C@H](O)C(O)C1O. The molecular formula is C50H88O10. The van der Waals surface area contributed by atoms with E-state index < -0.39 is 49.4 Å². The molecule has 0 aliphatic carbocycles. The van der Waals surface area contributed by atoms with Gasteiger partial charge in [-0.2, -0.15) is 0 Å². The van der Waals surface area contributed by atoms with Crippen LogP contribution in [-0.2, 0) is 28.5 Å². The third-order valence-corrected chi connectivity index (χ3v) is 11.0. The van der Waals surface area contributed by atoms with Crippen molar-refractivity contribution in [3.8, 4) is 0 Å². The van der Waals surface area contributed by atoms with Crippen molar-refractivity contribution in [1.29, 1.82) is 0 Å². The number of aliphatic hydroxyl groups excluding tert-OH is 4. The average molecular weight is 849 g/mol. The van der Waals surface area contributed by atoms with Crippen LogP contribution in [0.1, 0.15) is 200 Å².